The highest BCUT2D eigenvalue weighted by atomic mass is 19.1. The molecule has 2 heterocycles. The molecule has 2 aromatic rings. The zero-order valence-electron chi connectivity index (χ0n) is 13.3. The Hall–Kier alpha value is -2.70. The van der Waals surface area contributed by atoms with Gasteiger partial charge >= 0.3 is 0 Å². The molecule has 2 N–H and O–H groups in total. The van der Waals surface area contributed by atoms with E-state index in [0.717, 1.165) is 6.42 Å². The Balaban J connectivity index is 1.81. The monoisotopic (exact) mass is 331 g/mol. The summed E-state index contributed by atoms with van der Waals surface area (Å²) in [5.74, 6) is -1.11. The van der Waals surface area contributed by atoms with Gasteiger partial charge in [-0.25, -0.2) is 4.39 Å². The number of benzene rings is 1. The Morgan fingerprint density at radius 3 is 2.96 bits per heavy atom. The SMILES string of the molecule is CCCN1C[C@@H](NC(=O)c2c[nH]c3c(F)cccc3c2=O)CC1=O. The van der Waals surface area contributed by atoms with Crippen molar-refractivity contribution in [3.05, 3.63) is 46.0 Å². The number of aromatic amines is 1. The summed E-state index contributed by atoms with van der Waals surface area (Å²) in [5.41, 5.74) is -0.547. The van der Waals surface area contributed by atoms with Crippen molar-refractivity contribution in [2.45, 2.75) is 25.8 Å². The van der Waals surface area contributed by atoms with Crippen LogP contribution < -0.4 is 10.7 Å². The highest BCUT2D eigenvalue weighted by Crippen LogP contribution is 2.14. The van der Waals surface area contributed by atoms with Crippen LogP contribution in [0.3, 0.4) is 0 Å². The Bertz CT molecular complexity index is 862. The molecule has 0 bridgehead atoms. The molecule has 1 aromatic carbocycles. The number of nitrogens with zero attached hydrogens (tertiary/aromatic N) is 1. The zero-order chi connectivity index (χ0) is 17.3. The molecule has 1 aliphatic rings. The molecule has 1 aliphatic heterocycles. The number of rotatable bonds is 4. The molecule has 2 amide bonds. The average Bonchev–Trinajstić information content (AvgIpc) is 2.88. The Kier molecular flexibility index (Phi) is 4.33. The quantitative estimate of drug-likeness (QED) is 0.889. The van der Waals surface area contributed by atoms with Crippen LogP contribution >= 0.6 is 0 Å². The van der Waals surface area contributed by atoms with Gasteiger partial charge in [-0.05, 0) is 18.6 Å². The maximum absolute atomic E-state index is 13.7. The fraction of sp³-hybridized carbons (Fsp3) is 0.353. The van der Waals surface area contributed by atoms with Gasteiger partial charge in [-0.15, -0.1) is 0 Å². The number of amides is 2. The molecule has 0 spiro atoms. The van der Waals surface area contributed by atoms with Gasteiger partial charge < -0.3 is 15.2 Å². The van der Waals surface area contributed by atoms with Crippen molar-refractivity contribution >= 4 is 22.7 Å². The maximum Gasteiger partial charge on any atom is 0.257 e. The smallest absolute Gasteiger partial charge is 0.257 e. The number of hydrogen-bond donors (Lipinski definition) is 2. The fourth-order valence-electron chi connectivity index (χ4n) is 3.00. The predicted molar refractivity (Wildman–Crippen MR) is 87.3 cm³/mol. The number of aromatic nitrogens is 1. The molecule has 1 fully saturated rings. The molecule has 24 heavy (non-hydrogen) atoms. The summed E-state index contributed by atoms with van der Waals surface area (Å²) in [5, 5.41) is 2.84. The normalized spacial score (nSPS) is 17.5. The minimum absolute atomic E-state index is 0.00311. The summed E-state index contributed by atoms with van der Waals surface area (Å²) in [6.07, 6.45) is 2.29. The summed E-state index contributed by atoms with van der Waals surface area (Å²) in [7, 11) is 0. The second-order valence-corrected chi connectivity index (χ2v) is 5.91. The number of likely N-dealkylation sites (tertiary alicyclic amines) is 1. The predicted octanol–water partition coefficient (Wildman–Crippen LogP) is 1.41. The molecule has 0 unspecified atom stereocenters. The molecular formula is C17H18FN3O3. The molecule has 0 saturated carbocycles. The van der Waals surface area contributed by atoms with E-state index in [1.807, 2.05) is 6.92 Å². The van der Waals surface area contributed by atoms with E-state index in [4.69, 9.17) is 0 Å². The van der Waals surface area contributed by atoms with Crippen molar-refractivity contribution in [2.24, 2.45) is 0 Å². The largest absolute Gasteiger partial charge is 0.358 e. The van der Waals surface area contributed by atoms with E-state index in [9.17, 15) is 18.8 Å². The van der Waals surface area contributed by atoms with Crippen LogP contribution in [0.2, 0.25) is 0 Å². The molecule has 6 nitrogen and oxygen atoms in total. The van der Waals surface area contributed by atoms with Gasteiger partial charge in [0.2, 0.25) is 11.3 Å². The number of fused-ring (bicyclic) bond motifs is 1. The van der Waals surface area contributed by atoms with E-state index in [0.29, 0.717) is 13.1 Å². The van der Waals surface area contributed by atoms with E-state index in [2.05, 4.69) is 10.3 Å². The van der Waals surface area contributed by atoms with Gasteiger partial charge in [-0.3, -0.25) is 14.4 Å². The van der Waals surface area contributed by atoms with Crippen LogP contribution in [0.25, 0.3) is 10.9 Å². The fourth-order valence-corrected chi connectivity index (χ4v) is 3.00. The summed E-state index contributed by atoms with van der Waals surface area (Å²) < 4.78 is 13.7. The molecular weight excluding hydrogens is 313 g/mol. The molecule has 0 aliphatic carbocycles. The first-order valence-corrected chi connectivity index (χ1v) is 7.89. The minimum atomic E-state index is -0.557. The van der Waals surface area contributed by atoms with E-state index >= 15 is 0 Å². The third kappa shape index (κ3) is 2.89. The number of nitrogens with one attached hydrogen (secondary N) is 2. The van der Waals surface area contributed by atoms with Gasteiger partial charge in [-0.1, -0.05) is 13.0 Å². The second-order valence-electron chi connectivity index (χ2n) is 5.91. The Morgan fingerprint density at radius 2 is 2.21 bits per heavy atom. The zero-order valence-corrected chi connectivity index (χ0v) is 13.3. The molecule has 7 heteroatoms. The average molecular weight is 331 g/mol. The van der Waals surface area contributed by atoms with Crippen molar-refractivity contribution in [1.82, 2.24) is 15.2 Å². The van der Waals surface area contributed by atoms with Gasteiger partial charge in [0.15, 0.2) is 0 Å². The lowest BCUT2D eigenvalue weighted by Gasteiger charge is -2.16. The lowest BCUT2D eigenvalue weighted by molar-refractivity contribution is -0.127. The van der Waals surface area contributed by atoms with E-state index in [-0.39, 0.29) is 34.8 Å². The Labute approximate surface area is 137 Å². The number of pyridine rings is 1. The minimum Gasteiger partial charge on any atom is -0.358 e. The van der Waals surface area contributed by atoms with Gasteiger partial charge in [-0.2, -0.15) is 0 Å². The van der Waals surface area contributed by atoms with Crippen molar-refractivity contribution in [3.63, 3.8) is 0 Å². The lowest BCUT2D eigenvalue weighted by Crippen LogP contribution is -2.39. The van der Waals surface area contributed by atoms with Crippen LogP contribution in [0.1, 0.15) is 30.1 Å². The number of para-hydroxylation sites is 1. The Morgan fingerprint density at radius 1 is 1.42 bits per heavy atom. The molecule has 3 rings (SSSR count). The second kappa shape index (κ2) is 6.43. The van der Waals surface area contributed by atoms with Crippen LogP contribution in [0.5, 0.6) is 0 Å². The number of carbonyl (C=O) groups excluding carboxylic acids is 2. The van der Waals surface area contributed by atoms with E-state index in [1.165, 1.54) is 24.4 Å². The summed E-state index contributed by atoms with van der Waals surface area (Å²) in [4.78, 5) is 41.0. The van der Waals surface area contributed by atoms with Gasteiger partial charge in [0, 0.05) is 31.1 Å². The van der Waals surface area contributed by atoms with Crippen LogP contribution in [0.15, 0.2) is 29.2 Å². The van der Waals surface area contributed by atoms with Crippen molar-refractivity contribution in [1.29, 1.82) is 0 Å². The third-order valence-electron chi connectivity index (χ3n) is 4.15. The van der Waals surface area contributed by atoms with Gasteiger partial charge in [0.25, 0.3) is 5.91 Å². The summed E-state index contributed by atoms with van der Waals surface area (Å²) >= 11 is 0. The van der Waals surface area contributed by atoms with Gasteiger partial charge in [0.05, 0.1) is 11.6 Å². The molecule has 1 atom stereocenters. The first-order valence-electron chi connectivity index (χ1n) is 7.89. The van der Waals surface area contributed by atoms with Crippen LogP contribution in [0.4, 0.5) is 4.39 Å². The molecule has 126 valence electrons. The maximum atomic E-state index is 13.7. The highest BCUT2D eigenvalue weighted by Gasteiger charge is 2.30. The number of hydrogen-bond acceptors (Lipinski definition) is 3. The topological polar surface area (TPSA) is 82.3 Å². The first kappa shape index (κ1) is 16.2. The van der Waals surface area contributed by atoms with Crippen molar-refractivity contribution < 1.29 is 14.0 Å². The van der Waals surface area contributed by atoms with E-state index < -0.39 is 17.2 Å². The van der Waals surface area contributed by atoms with Crippen LogP contribution in [-0.4, -0.2) is 40.8 Å². The summed E-state index contributed by atoms with van der Waals surface area (Å²) in [6, 6.07) is 3.81. The number of halogens is 1. The van der Waals surface area contributed by atoms with Gasteiger partial charge in [0.1, 0.15) is 11.4 Å². The third-order valence-corrected chi connectivity index (χ3v) is 4.15. The standard InChI is InChI=1S/C17H18FN3O3/c1-2-6-21-9-10(7-14(21)22)20-17(24)12-8-19-15-11(16(12)23)4-3-5-13(15)18/h3-5,8,10H,2,6-7,9H2,1H3,(H,19,23)(H,20,24)/t10-/m0/s1. The summed E-state index contributed by atoms with van der Waals surface area (Å²) in [6.45, 7) is 3.08. The first-order chi connectivity index (χ1) is 11.5. The van der Waals surface area contributed by atoms with Crippen molar-refractivity contribution in [2.75, 3.05) is 13.1 Å². The molecule has 0 radical (unpaired) electrons. The number of carbonyl (C=O) groups is 2. The van der Waals surface area contributed by atoms with Crippen LogP contribution in [0, 0.1) is 5.82 Å². The van der Waals surface area contributed by atoms with Crippen molar-refractivity contribution in [3.8, 4) is 0 Å². The molecule has 1 saturated heterocycles. The van der Waals surface area contributed by atoms with E-state index in [1.54, 1.807) is 4.90 Å². The lowest BCUT2D eigenvalue weighted by atomic mass is 10.1. The highest BCUT2D eigenvalue weighted by molar-refractivity contribution is 5.97. The number of H-pyrrole nitrogens is 1. The van der Waals surface area contributed by atoms with Crippen LogP contribution in [-0.2, 0) is 4.79 Å². The molecule has 1 aromatic heterocycles.